The van der Waals surface area contributed by atoms with Gasteiger partial charge in [0.25, 0.3) is 0 Å². The third-order valence-electron chi connectivity index (χ3n) is 14.0. The maximum absolute atomic E-state index is 2.42. The van der Waals surface area contributed by atoms with Crippen molar-refractivity contribution in [2.45, 2.75) is 0 Å². The summed E-state index contributed by atoms with van der Waals surface area (Å²) in [6.45, 7) is 0. The third-order valence-corrected chi connectivity index (χ3v) is 14.0. The summed E-state index contributed by atoms with van der Waals surface area (Å²) in [7, 11) is 0. The van der Waals surface area contributed by atoms with Crippen LogP contribution in [0.2, 0.25) is 0 Å². The first kappa shape index (κ1) is 41.0. The molecule has 0 N–H and O–H groups in total. The molecular weight excluding hydrogens is 845 g/mol. The standard InChI is InChI=1S/C68H46N2/c1-4-14-47(15-5-1)49-26-28-50(29-27-49)51-32-38-59(39-33-51)69(60-40-34-52(35-41-60)54-36-42-63-57(44-54)31-30-53-18-10-11-23-62(53)63)61-22-12-19-56(45-61)64-24-13-25-66-68(64)65-43-37-55(48-16-6-2-7-17-48)46-67(65)70(66)58-20-8-3-9-21-58/h1-46H. The van der Waals surface area contributed by atoms with Gasteiger partial charge in [0.1, 0.15) is 0 Å². The Morgan fingerprint density at radius 2 is 0.714 bits per heavy atom. The lowest BCUT2D eigenvalue weighted by Crippen LogP contribution is -2.10. The van der Waals surface area contributed by atoms with Gasteiger partial charge in [-0.15, -0.1) is 0 Å². The average Bonchev–Trinajstić information content (AvgIpc) is 3.78. The van der Waals surface area contributed by atoms with E-state index in [-0.39, 0.29) is 0 Å². The fourth-order valence-corrected chi connectivity index (χ4v) is 10.5. The summed E-state index contributed by atoms with van der Waals surface area (Å²) in [5, 5.41) is 7.52. The van der Waals surface area contributed by atoms with Crippen LogP contribution in [0.15, 0.2) is 279 Å². The lowest BCUT2D eigenvalue weighted by atomic mass is 9.97. The van der Waals surface area contributed by atoms with E-state index in [4.69, 9.17) is 0 Å². The largest absolute Gasteiger partial charge is 0.310 e. The molecule has 0 saturated heterocycles. The maximum atomic E-state index is 2.42. The molecular formula is C68H46N2. The van der Waals surface area contributed by atoms with Crippen molar-refractivity contribution in [1.82, 2.24) is 4.57 Å². The Labute approximate surface area is 408 Å². The Morgan fingerprint density at radius 3 is 1.39 bits per heavy atom. The fraction of sp³-hybridized carbons (Fsp3) is 0. The predicted molar refractivity (Wildman–Crippen MR) is 298 cm³/mol. The van der Waals surface area contributed by atoms with Gasteiger partial charge in [0, 0.05) is 33.5 Å². The van der Waals surface area contributed by atoms with Gasteiger partial charge < -0.3 is 9.47 Å². The van der Waals surface area contributed by atoms with Gasteiger partial charge in [-0.2, -0.15) is 0 Å². The Balaban J connectivity index is 0.922. The highest BCUT2D eigenvalue weighted by Gasteiger charge is 2.20. The van der Waals surface area contributed by atoms with E-state index < -0.39 is 0 Å². The van der Waals surface area contributed by atoms with Crippen LogP contribution in [0.5, 0.6) is 0 Å². The zero-order valence-corrected chi connectivity index (χ0v) is 38.5. The van der Waals surface area contributed by atoms with Crippen LogP contribution in [0.1, 0.15) is 0 Å². The van der Waals surface area contributed by atoms with Crippen molar-refractivity contribution < 1.29 is 0 Å². The minimum atomic E-state index is 1.08. The van der Waals surface area contributed by atoms with Crippen LogP contribution in [0.3, 0.4) is 0 Å². The molecule has 0 aliphatic rings. The number of anilines is 3. The number of aromatic nitrogens is 1. The van der Waals surface area contributed by atoms with Crippen LogP contribution in [-0.4, -0.2) is 4.57 Å². The first-order valence-corrected chi connectivity index (χ1v) is 24.1. The highest BCUT2D eigenvalue weighted by Crippen LogP contribution is 2.43. The summed E-state index contributed by atoms with van der Waals surface area (Å²) in [4.78, 5) is 2.39. The number of benzene rings is 12. The number of fused-ring (bicyclic) bond motifs is 6. The molecule has 0 aliphatic heterocycles. The Bertz CT molecular complexity index is 4000. The zero-order valence-electron chi connectivity index (χ0n) is 38.5. The second kappa shape index (κ2) is 17.4. The number of nitrogens with zero attached hydrogens (tertiary/aromatic N) is 2. The molecule has 0 atom stereocenters. The average molecular weight is 891 g/mol. The van der Waals surface area contributed by atoms with Gasteiger partial charge in [-0.25, -0.2) is 0 Å². The molecule has 1 aromatic heterocycles. The van der Waals surface area contributed by atoms with Crippen LogP contribution in [-0.2, 0) is 0 Å². The molecule has 0 spiro atoms. The predicted octanol–water partition coefficient (Wildman–Crippen LogP) is 18.9. The SMILES string of the molecule is c1ccc(-c2ccc(-c3ccc(N(c4ccc(-c5ccc6c(ccc7ccccc76)c5)cc4)c4cccc(-c5cccc6c5c5ccc(-c7ccccc7)cc5n6-c5ccccc5)c4)cc3)cc2)cc1. The second-order valence-electron chi connectivity index (χ2n) is 18.1. The summed E-state index contributed by atoms with van der Waals surface area (Å²) in [5.41, 5.74) is 18.7. The van der Waals surface area contributed by atoms with Gasteiger partial charge in [0.05, 0.1) is 11.0 Å². The zero-order chi connectivity index (χ0) is 46.4. The number of hydrogen-bond donors (Lipinski definition) is 0. The van der Waals surface area contributed by atoms with Crippen molar-refractivity contribution in [2.24, 2.45) is 0 Å². The monoisotopic (exact) mass is 890 g/mol. The van der Waals surface area contributed by atoms with Crippen LogP contribution < -0.4 is 4.90 Å². The van der Waals surface area contributed by atoms with E-state index in [0.717, 1.165) is 28.3 Å². The maximum Gasteiger partial charge on any atom is 0.0547 e. The molecule has 12 aromatic carbocycles. The second-order valence-corrected chi connectivity index (χ2v) is 18.1. The summed E-state index contributed by atoms with van der Waals surface area (Å²) < 4.78 is 2.42. The molecule has 0 bridgehead atoms. The first-order chi connectivity index (χ1) is 34.7. The van der Waals surface area contributed by atoms with Crippen LogP contribution >= 0.6 is 0 Å². The number of hydrogen-bond acceptors (Lipinski definition) is 1. The fourth-order valence-electron chi connectivity index (χ4n) is 10.5. The Kier molecular flexibility index (Phi) is 10.2. The molecule has 0 unspecified atom stereocenters. The van der Waals surface area contributed by atoms with Crippen LogP contribution in [0.4, 0.5) is 17.1 Å². The van der Waals surface area contributed by atoms with E-state index in [1.807, 2.05) is 0 Å². The molecule has 0 fully saturated rings. The van der Waals surface area contributed by atoms with Crippen LogP contribution in [0, 0.1) is 0 Å². The lowest BCUT2D eigenvalue weighted by molar-refractivity contribution is 1.18. The van der Waals surface area contributed by atoms with Gasteiger partial charge in [0.15, 0.2) is 0 Å². The topological polar surface area (TPSA) is 8.17 Å². The van der Waals surface area contributed by atoms with E-state index in [0.29, 0.717) is 0 Å². The first-order valence-electron chi connectivity index (χ1n) is 24.1. The molecule has 0 radical (unpaired) electrons. The van der Waals surface area contributed by atoms with Crippen molar-refractivity contribution in [3.8, 4) is 61.3 Å². The van der Waals surface area contributed by atoms with Crippen molar-refractivity contribution in [3.63, 3.8) is 0 Å². The highest BCUT2D eigenvalue weighted by molar-refractivity contribution is 6.16. The molecule has 328 valence electrons. The summed E-state index contributed by atoms with van der Waals surface area (Å²) >= 11 is 0. The van der Waals surface area contributed by atoms with Gasteiger partial charge >= 0.3 is 0 Å². The summed E-state index contributed by atoms with van der Waals surface area (Å²) in [6.07, 6.45) is 0. The van der Waals surface area contributed by atoms with Crippen LogP contribution in [0.25, 0.3) is 105 Å². The minimum Gasteiger partial charge on any atom is -0.310 e. The van der Waals surface area contributed by atoms with Gasteiger partial charge in [0.2, 0.25) is 0 Å². The summed E-state index contributed by atoms with van der Waals surface area (Å²) in [6, 6.07) is 102. The molecule has 13 aromatic rings. The van der Waals surface area contributed by atoms with Crippen molar-refractivity contribution in [2.75, 3.05) is 4.90 Å². The molecule has 13 rings (SSSR count). The molecule has 0 aliphatic carbocycles. The molecule has 2 nitrogen and oxygen atoms in total. The van der Waals surface area contributed by atoms with Crippen molar-refractivity contribution in [3.05, 3.63) is 279 Å². The molecule has 0 saturated carbocycles. The van der Waals surface area contributed by atoms with Gasteiger partial charge in [-0.3, -0.25) is 0 Å². The molecule has 2 heteroatoms. The molecule has 1 heterocycles. The van der Waals surface area contributed by atoms with Gasteiger partial charge in [-0.05, 0) is 144 Å². The Morgan fingerprint density at radius 1 is 0.243 bits per heavy atom. The molecule has 70 heavy (non-hydrogen) atoms. The van der Waals surface area contributed by atoms with Crippen molar-refractivity contribution in [1.29, 1.82) is 0 Å². The lowest BCUT2D eigenvalue weighted by Gasteiger charge is -2.26. The van der Waals surface area contributed by atoms with E-state index in [2.05, 4.69) is 289 Å². The highest BCUT2D eigenvalue weighted by atomic mass is 15.1. The van der Waals surface area contributed by atoms with E-state index >= 15 is 0 Å². The minimum absolute atomic E-state index is 1.08. The quantitative estimate of drug-likeness (QED) is 0.131. The normalized spacial score (nSPS) is 11.4. The van der Waals surface area contributed by atoms with E-state index in [9.17, 15) is 0 Å². The van der Waals surface area contributed by atoms with E-state index in [1.54, 1.807) is 0 Å². The van der Waals surface area contributed by atoms with E-state index in [1.165, 1.54) is 93.4 Å². The molecule has 0 amide bonds. The number of para-hydroxylation sites is 1. The Hall–Kier alpha value is -9.24. The number of rotatable bonds is 9. The van der Waals surface area contributed by atoms with Gasteiger partial charge in [-0.1, -0.05) is 212 Å². The van der Waals surface area contributed by atoms with Crippen molar-refractivity contribution >= 4 is 60.4 Å². The third kappa shape index (κ3) is 7.40. The smallest absolute Gasteiger partial charge is 0.0547 e. The summed E-state index contributed by atoms with van der Waals surface area (Å²) in [5.74, 6) is 0.